The van der Waals surface area contributed by atoms with E-state index in [0.717, 1.165) is 27.9 Å². The van der Waals surface area contributed by atoms with E-state index in [1.807, 2.05) is 70.6 Å². The Bertz CT molecular complexity index is 1240. The average Bonchev–Trinajstić information content (AvgIpc) is 3.47. The number of amides is 1. The van der Waals surface area contributed by atoms with Gasteiger partial charge in [0.2, 0.25) is 5.91 Å². The van der Waals surface area contributed by atoms with E-state index in [1.165, 1.54) is 28.7 Å². The minimum absolute atomic E-state index is 0.134. The molecular weight excluding hydrogens is 506 g/mol. The van der Waals surface area contributed by atoms with E-state index >= 15 is 0 Å². The summed E-state index contributed by atoms with van der Waals surface area (Å²) < 4.78 is 2.00. The van der Waals surface area contributed by atoms with Crippen molar-refractivity contribution in [3.8, 4) is 11.3 Å². The van der Waals surface area contributed by atoms with Gasteiger partial charge in [0.05, 0.1) is 17.2 Å². The highest BCUT2D eigenvalue weighted by Gasteiger charge is 2.15. The summed E-state index contributed by atoms with van der Waals surface area (Å²) in [5, 5.41) is 15.5. The van der Waals surface area contributed by atoms with Gasteiger partial charge in [-0.1, -0.05) is 71.9 Å². The highest BCUT2D eigenvalue weighted by Crippen LogP contribution is 2.26. The summed E-state index contributed by atoms with van der Waals surface area (Å²) >= 11 is 10.5. The second kappa shape index (κ2) is 12.2. The van der Waals surface area contributed by atoms with Gasteiger partial charge in [0, 0.05) is 28.3 Å². The van der Waals surface area contributed by atoms with Gasteiger partial charge in [0.1, 0.15) is 5.82 Å². The molecule has 4 aromatic rings. The molecule has 0 aliphatic rings. The van der Waals surface area contributed by atoms with E-state index in [0.29, 0.717) is 22.6 Å². The van der Waals surface area contributed by atoms with Gasteiger partial charge >= 0.3 is 0 Å². The largest absolute Gasteiger partial charge is 0.301 e. The first-order valence-corrected chi connectivity index (χ1v) is 13.8. The van der Waals surface area contributed by atoms with Crippen LogP contribution in [0.4, 0.5) is 5.13 Å². The smallest absolute Gasteiger partial charge is 0.236 e. The second-order valence-electron chi connectivity index (χ2n) is 7.16. The number of nitrogens with one attached hydrogen (secondary N) is 1. The molecule has 0 atom stereocenters. The fourth-order valence-corrected chi connectivity index (χ4v) is 5.60. The Morgan fingerprint density at radius 1 is 1.12 bits per heavy atom. The number of benzene rings is 2. The van der Waals surface area contributed by atoms with Crippen LogP contribution in [0.5, 0.6) is 0 Å². The highest BCUT2D eigenvalue weighted by molar-refractivity contribution is 7.99. The van der Waals surface area contributed by atoms with Crippen molar-refractivity contribution in [2.45, 2.75) is 23.2 Å². The minimum Gasteiger partial charge on any atom is -0.301 e. The summed E-state index contributed by atoms with van der Waals surface area (Å²) in [4.78, 5) is 17.0. The lowest BCUT2D eigenvalue weighted by molar-refractivity contribution is -0.113. The first kappa shape index (κ1) is 24.5. The number of rotatable bonds is 11. The predicted molar refractivity (Wildman–Crippen MR) is 144 cm³/mol. The monoisotopic (exact) mass is 527 g/mol. The third-order valence-electron chi connectivity index (χ3n) is 4.67. The normalized spacial score (nSPS) is 10.9. The maximum atomic E-state index is 12.5. The van der Waals surface area contributed by atoms with E-state index in [1.54, 1.807) is 11.8 Å². The zero-order valence-corrected chi connectivity index (χ0v) is 21.4. The molecule has 2 aromatic heterocycles. The number of aromatic nitrogens is 4. The molecule has 0 spiro atoms. The molecule has 6 nitrogen and oxygen atoms in total. The molecule has 10 heteroatoms. The standard InChI is InChI=1S/C24H22ClN5OS3/c1-2-12-30-21(15-32-13-17-8-10-19(25)11-9-17)28-29-24(30)34-16-22(31)27-23-26-20(14-33-23)18-6-4-3-5-7-18/h2-11,14H,1,12-13,15-16H2,(H,26,27,31). The number of carbonyl (C=O) groups excluding carboxylic acids is 1. The van der Waals surface area contributed by atoms with Crippen LogP contribution >= 0.6 is 46.5 Å². The van der Waals surface area contributed by atoms with Gasteiger partial charge < -0.3 is 9.88 Å². The SMILES string of the molecule is C=CCn1c(CSCc2ccc(Cl)cc2)nnc1SCC(=O)Nc1nc(-c2ccccc2)cs1. The van der Waals surface area contributed by atoms with Gasteiger partial charge in [-0.2, -0.15) is 0 Å². The van der Waals surface area contributed by atoms with Gasteiger partial charge in [-0.3, -0.25) is 4.79 Å². The second-order valence-corrected chi connectivity index (χ2v) is 10.4. The average molecular weight is 528 g/mol. The number of hydrogen-bond donors (Lipinski definition) is 1. The third-order valence-corrected chi connectivity index (χ3v) is 7.65. The molecule has 0 fully saturated rings. The van der Waals surface area contributed by atoms with Gasteiger partial charge in [0.25, 0.3) is 0 Å². The van der Waals surface area contributed by atoms with Crippen molar-refractivity contribution >= 4 is 57.5 Å². The Morgan fingerprint density at radius 3 is 2.68 bits per heavy atom. The number of allylic oxidation sites excluding steroid dienone is 1. The Hall–Kier alpha value is -2.59. The van der Waals surface area contributed by atoms with Crippen LogP contribution in [-0.2, 0) is 22.8 Å². The van der Waals surface area contributed by atoms with Crippen molar-refractivity contribution in [2.75, 3.05) is 11.1 Å². The van der Waals surface area contributed by atoms with E-state index < -0.39 is 0 Å². The molecule has 0 radical (unpaired) electrons. The lowest BCUT2D eigenvalue weighted by atomic mass is 10.2. The number of anilines is 1. The first-order chi connectivity index (χ1) is 16.6. The molecule has 4 rings (SSSR count). The van der Waals surface area contributed by atoms with Crippen molar-refractivity contribution < 1.29 is 4.79 Å². The van der Waals surface area contributed by atoms with E-state index in [2.05, 4.69) is 27.1 Å². The molecule has 0 bridgehead atoms. The van der Waals surface area contributed by atoms with E-state index in [9.17, 15) is 4.79 Å². The maximum absolute atomic E-state index is 12.5. The van der Waals surface area contributed by atoms with Crippen LogP contribution < -0.4 is 5.32 Å². The van der Waals surface area contributed by atoms with Crippen LogP contribution in [0.15, 0.2) is 77.8 Å². The maximum Gasteiger partial charge on any atom is 0.236 e. The lowest BCUT2D eigenvalue weighted by Gasteiger charge is -2.08. The topological polar surface area (TPSA) is 72.7 Å². The zero-order valence-electron chi connectivity index (χ0n) is 18.2. The van der Waals surface area contributed by atoms with Crippen molar-refractivity contribution in [3.63, 3.8) is 0 Å². The molecule has 0 saturated heterocycles. The Labute approximate surface area is 215 Å². The van der Waals surface area contributed by atoms with Gasteiger partial charge in [0.15, 0.2) is 10.3 Å². The summed E-state index contributed by atoms with van der Waals surface area (Å²) in [6, 6.07) is 17.7. The quantitative estimate of drug-likeness (QED) is 0.179. The zero-order chi connectivity index (χ0) is 23.8. The number of thiazole rings is 1. The molecule has 1 N–H and O–H groups in total. The molecule has 0 aliphatic heterocycles. The number of hydrogen-bond acceptors (Lipinski definition) is 7. The molecule has 0 saturated carbocycles. The fraction of sp³-hybridized carbons (Fsp3) is 0.167. The fourth-order valence-electron chi connectivity index (χ4n) is 3.04. The van der Waals surface area contributed by atoms with Gasteiger partial charge in [-0.15, -0.1) is 39.9 Å². The number of carbonyl (C=O) groups is 1. The summed E-state index contributed by atoms with van der Waals surface area (Å²) in [5.74, 6) is 2.49. The highest BCUT2D eigenvalue weighted by atomic mass is 35.5. The third kappa shape index (κ3) is 6.73. The minimum atomic E-state index is -0.134. The molecule has 174 valence electrons. The molecule has 1 amide bonds. The Balaban J connectivity index is 1.31. The molecule has 0 unspecified atom stereocenters. The van der Waals surface area contributed by atoms with Crippen molar-refractivity contribution in [1.82, 2.24) is 19.7 Å². The van der Waals surface area contributed by atoms with Crippen molar-refractivity contribution in [1.29, 1.82) is 0 Å². The summed E-state index contributed by atoms with van der Waals surface area (Å²) in [6.07, 6.45) is 1.81. The summed E-state index contributed by atoms with van der Waals surface area (Å²) in [6.45, 7) is 4.43. The number of thioether (sulfide) groups is 2. The molecule has 34 heavy (non-hydrogen) atoms. The van der Waals surface area contributed by atoms with Crippen LogP contribution in [0.1, 0.15) is 11.4 Å². The van der Waals surface area contributed by atoms with Gasteiger partial charge in [-0.05, 0) is 17.7 Å². The first-order valence-electron chi connectivity index (χ1n) is 10.4. The number of nitrogens with zero attached hydrogens (tertiary/aromatic N) is 4. The number of halogens is 1. The summed E-state index contributed by atoms with van der Waals surface area (Å²) in [7, 11) is 0. The Morgan fingerprint density at radius 2 is 1.91 bits per heavy atom. The molecular formula is C24H22ClN5OS3. The van der Waals surface area contributed by atoms with Crippen LogP contribution in [0.2, 0.25) is 5.02 Å². The van der Waals surface area contributed by atoms with Crippen molar-refractivity contribution in [3.05, 3.63) is 89.0 Å². The van der Waals surface area contributed by atoms with E-state index in [-0.39, 0.29) is 11.7 Å². The van der Waals surface area contributed by atoms with Crippen molar-refractivity contribution in [2.24, 2.45) is 0 Å². The molecule has 2 heterocycles. The van der Waals surface area contributed by atoms with Crippen LogP contribution in [0.25, 0.3) is 11.3 Å². The van der Waals surface area contributed by atoms with Crippen LogP contribution in [-0.4, -0.2) is 31.4 Å². The molecule has 2 aromatic carbocycles. The Kier molecular flexibility index (Phi) is 8.81. The lowest BCUT2D eigenvalue weighted by Crippen LogP contribution is -2.14. The van der Waals surface area contributed by atoms with Gasteiger partial charge in [-0.25, -0.2) is 4.98 Å². The molecule has 0 aliphatic carbocycles. The van der Waals surface area contributed by atoms with Crippen LogP contribution in [0.3, 0.4) is 0 Å². The summed E-state index contributed by atoms with van der Waals surface area (Å²) in [5.41, 5.74) is 3.07. The van der Waals surface area contributed by atoms with Crippen LogP contribution in [0, 0.1) is 0 Å². The van der Waals surface area contributed by atoms with E-state index in [4.69, 9.17) is 11.6 Å². The predicted octanol–water partition coefficient (Wildman–Crippen LogP) is 6.41.